The standard InChI is InChI=1S/C7H9BrN2OS/c8-6-3-1-5(12-6)2-4-7(11)10-9/h1,3H,2,4,9H2,(H,10,11). The summed E-state index contributed by atoms with van der Waals surface area (Å²) in [6.07, 6.45) is 1.20. The van der Waals surface area contributed by atoms with Gasteiger partial charge in [-0.2, -0.15) is 0 Å². The minimum Gasteiger partial charge on any atom is -0.294 e. The van der Waals surface area contributed by atoms with Crippen molar-refractivity contribution >= 4 is 33.2 Å². The highest BCUT2D eigenvalue weighted by atomic mass is 79.9. The maximum absolute atomic E-state index is 10.7. The minimum atomic E-state index is -0.125. The second kappa shape index (κ2) is 4.59. The summed E-state index contributed by atoms with van der Waals surface area (Å²) in [5.41, 5.74) is 2.10. The number of thiophene rings is 1. The van der Waals surface area contributed by atoms with E-state index in [9.17, 15) is 4.79 Å². The number of halogens is 1. The molecule has 0 spiro atoms. The van der Waals surface area contributed by atoms with Crippen molar-refractivity contribution in [1.29, 1.82) is 0 Å². The van der Waals surface area contributed by atoms with Crippen LogP contribution in [-0.4, -0.2) is 5.91 Å². The lowest BCUT2D eigenvalue weighted by Crippen LogP contribution is -2.29. The number of carbonyl (C=O) groups is 1. The number of rotatable bonds is 3. The van der Waals surface area contributed by atoms with Crippen LogP contribution < -0.4 is 11.3 Å². The Bertz CT molecular complexity index is 274. The molecule has 1 aromatic heterocycles. The lowest BCUT2D eigenvalue weighted by molar-refractivity contribution is -0.121. The van der Waals surface area contributed by atoms with Crippen LogP contribution in [0.1, 0.15) is 11.3 Å². The largest absolute Gasteiger partial charge is 0.294 e. The average molecular weight is 249 g/mol. The summed E-state index contributed by atoms with van der Waals surface area (Å²) in [5, 5.41) is 0. The molecule has 12 heavy (non-hydrogen) atoms. The van der Waals surface area contributed by atoms with Crippen LogP contribution in [0.5, 0.6) is 0 Å². The van der Waals surface area contributed by atoms with Crippen molar-refractivity contribution in [1.82, 2.24) is 5.43 Å². The first kappa shape index (κ1) is 9.70. The van der Waals surface area contributed by atoms with E-state index in [-0.39, 0.29) is 5.91 Å². The molecule has 0 radical (unpaired) electrons. The molecule has 0 saturated heterocycles. The van der Waals surface area contributed by atoms with Crippen molar-refractivity contribution in [3.63, 3.8) is 0 Å². The summed E-state index contributed by atoms with van der Waals surface area (Å²) in [5.74, 6) is 4.81. The summed E-state index contributed by atoms with van der Waals surface area (Å²) < 4.78 is 1.09. The number of nitrogens with one attached hydrogen (secondary N) is 1. The van der Waals surface area contributed by atoms with E-state index in [1.807, 2.05) is 12.1 Å². The Balaban J connectivity index is 2.38. The third kappa shape index (κ3) is 2.92. The van der Waals surface area contributed by atoms with E-state index in [2.05, 4.69) is 21.4 Å². The van der Waals surface area contributed by atoms with Crippen LogP contribution in [-0.2, 0) is 11.2 Å². The van der Waals surface area contributed by atoms with Gasteiger partial charge in [0.1, 0.15) is 0 Å². The summed E-state index contributed by atoms with van der Waals surface area (Å²) in [6, 6.07) is 3.97. The van der Waals surface area contributed by atoms with Crippen LogP contribution in [0.15, 0.2) is 15.9 Å². The van der Waals surface area contributed by atoms with Gasteiger partial charge in [-0.3, -0.25) is 10.2 Å². The second-order valence-corrected chi connectivity index (χ2v) is 4.82. The molecule has 1 amide bonds. The third-order valence-electron chi connectivity index (χ3n) is 1.39. The van der Waals surface area contributed by atoms with Crippen molar-refractivity contribution in [2.75, 3.05) is 0 Å². The van der Waals surface area contributed by atoms with Crippen LogP contribution in [0.4, 0.5) is 0 Å². The summed E-state index contributed by atoms with van der Waals surface area (Å²) in [7, 11) is 0. The summed E-state index contributed by atoms with van der Waals surface area (Å²) in [6.45, 7) is 0. The maximum atomic E-state index is 10.7. The molecular formula is C7H9BrN2OS. The van der Waals surface area contributed by atoms with Gasteiger partial charge < -0.3 is 0 Å². The highest BCUT2D eigenvalue weighted by Crippen LogP contribution is 2.22. The molecule has 3 nitrogen and oxygen atoms in total. The van der Waals surface area contributed by atoms with Gasteiger partial charge in [-0.1, -0.05) is 0 Å². The minimum absolute atomic E-state index is 0.125. The summed E-state index contributed by atoms with van der Waals surface area (Å²) >= 11 is 4.99. The third-order valence-corrected chi connectivity index (χ3v) is 3.07. The van der Waals surface area contributed by atoms with Gasteiger partial charge in [-0.15, -0.1) is 11.3 Å². The zero-order valence-corrected chi connectivity index (χ0v) is 8.74. The fourth-order valence-electron chi connectivity index (χ4n) is 0.795. The zero-order valence-electron chi connectivity index (χ0n) is 6.34. The molecule has 0 unspecified atom stereocenters. The molecule has 0 fully saturated rings. The molecule has 0 saturated carbocycles. The Hall–Kier alpha value is -0.390. The fourth-order valence-corrected chi connectivity index (χ4v) is 2.28. The SMILES string of the molecule is NNC(=O)CCc1ccc(Br)s1. The second-order valence-electron chi connectivity index (χ2n) is 2.27. The highest BCUT2D eigenvalue weighted by Gasteiger charge is 2.01. The van der Waals surface area contributed by atoms with Crippen LogP contribution >= 0.6 is 27.3 Å². The Labute approximate surface area is 83.1 Å². The van der Waals surface area contributed by atoms with Crippen molar-refractivity contribution in [3.8, 4) is 0 Å². The van der Waals surface area contributed by atoms with E-state index < -0.39 is 0 Å². The first-order valence-electron chi connectivity index (χ1n) is 3.46. The molecule has 0 aliphatic carbocycles. The van der Waals surface area contributed by atoms with Crippen LogP contribution in [0, 0.1) is 0 Å². The molecule has 3 N–H and O–H groups in total. The zero-order chi connectivity index (χ0) is 8.97. The van der Waals surface area contributed by atoms with Gasteiger partial charge in [0.2, 0.25) is 5.91 Å². The first-order chi connectivity index (χ1) is 5.72. The predicted octanol–water partition coefficient (Wildman–Crippen LogP) is 1.43. The number of amides is 1. The lowest BCUT2D eigenvalue weighted by Gasteiger charge is -1.95. The molecule has 0 aliphatic rings. The van der Waals surface area contributed by atoms with Gasteiger partial charge in [0, 0.05) is 11.3 Å². The van der Waals surface area contributed by atoms with E-state index in [1.165, 1.54) is 4.88 Å². The van der Waals surface area contributed by atoms with Crippen LogP contribution in [0.2, 0.25) is 0 Å². The maximum Gasteiger partial charge on any atom is 0.234 e. The van der Waals surface area contributed by atoms with Gasteiger partial charge >= 0.3 is 0 Å². The van der Waals surface area contributed by atoms with E-state index in [1.54, 1.807) is 11.3 Å². The number of hydrogen-bond acceptors (Lipinski definition) is 3. The average Bonchev–Trinajstić information content (AvgIpc) is 2.47. The molecular weight excluding hydrogens is 240 g/mol. The lowest BCUT2D eigenvalue weighted by atomic mass is 10.2. The smallest absolute Gasteiger partial charge is 0.234 e. The molecule has 1 aromatic rings. The number of aryl methyl sites for hydroxylation is 1. The van der Waals surface area contributed by atoms with E-state index in [0.717, 1.165) is 10.2 Å². The topological polar surface area (TPSA) is 55.1 Å². The first-order valence-corrected chi connectivity index (χ1v) is 5.07. The molecule has 0 aliphatic heterocycles. The van der Waals surface area contributed by atoms with E-state index in [0.29, 0.717) is 6.42 Å². The number of hydrogen-bond donors (Lipinski definition) is 2. The molecule has 66 valence electrons. The molecule has 0 aromatic carbocycles. The van der Waals surface area contributed by atoms with E-state index in [4.69, 9.17) is 5.84 Å². The highest BCUT2D eigenvalue weighted by molar-refractivity contribution is 9.11. The Morgan fingerprint density at radius 3 is 2.92 bits per heavy atom. The molecule has 1 heterocycles. The van der Waals surface area contributed by atoms with Crippen LogP contribution in [0.3, 0.4) is 0 Å². The van der Waals surface area contributed by atoms with Gasteiger partial charge in [-0.25, -0.2) is 5.84 Å². The van der Waals surface area contributed by atoms with Crippen molar-refractivity contribution < 1.29 is 4.79 Å². The molecule has 0 bridgehead atoms. The van der Waals surface area contributed by atoms with Crippen molar-refractivity contribution in [2.45, 2.75) is 12.8 Å². The van der Waals surface area contributed by atoms with Gasteiger partial charge in [0.25, 0.3) is 0 Å². The Morgan fingerprint density at radius 2 is 2.42 bits per heavy atom. The quantitative estimate of drug-likeness (QED) is 0.483. The van der Waals surface area contributed by atoms with Gasteiger partial charge in [0.05, 0.1) is 3.79 Å². The molecule has 5 heteroatoms. The fraction of sp³-hybridized carbons (Fsp3) is 0.286. The number of carbonyl (C=O) groups excluding carboxylic acids is 1. The Morgan fingerprint density at radius 1 is 1.67 bits per heavy atom. The monoisotopic (exact) mass is 248 g/mol. The predicted molar refractivity (Wildman–Crippen MR) is 52.7 cm³/mol. The van der Waals surface area contributed by atoms with Crippen LogP contribution in [0.25, 0.3) is 0 Å². The Kier molecular flexibility index (Phi) is 3.71. The molecule has 0 atom stereocenters. The van der Waals surface area contributed by atoms with Crippen molar-refractivity contribution in [3.05, 3.63) is 20.8 Å². The normalized spacial score (nSPS) is 9.83. The van der Waals surface area contributed by atoms with Crippen molar-refractivity contribution in [2.24, 2.45) is 5.84 Å². The van der Waals surface area contributed by atoms with E-state index >= 15 is 0 Å². The summed E-state index contributed by atoms with van der Waals surface area (Å²) in [4.78, 5) is 11.9. The molecule has 1 rings (SSSR count). The number of nitrogens with two attached hydrogens (primary N) is 1. The van der Waals surface area contributed by atoms with Gasteiger partial charge in [-0.05, 0) is 34.5 Å². The van der Waals surface area contributed by atoms with Gasteiger partial charge in [0.15, 0.2) is 0 Å². The number of hydrazine groups is 1.